The standard InChI is InChI=1S/C17H19ClN4O/c18-16-15(6-3-8-19-16)21-17(23)20-9-11-22-10-7-13-4-1-2-5-14(13)12-22/h1-6,8H,7,9-12H2,(H2,20,21,23). The summed E-state index contributed by atoms with van der Waals surface area (Å²) in [4.78, 5) is 18.1. The van der Waals surface area contributed by atoms with Crippen molar-refractivity contribution >= 4 is 23.3 Å². The number of fused-ring (bicyclic) bond motifs is 1. The molecule has 0 aliphatic carbocycles. The van der Waals surface area contributed by atoms with Crippen LogP contribution in [0.3, 0.4) is 0 Å². The van der Waals surface area contributed by atoms with E-state index in [0.29, 0.717) is 12.2 Å². The molecule has 3 rings (SSSR count). The first-order valence-electron chi connectivity index (χ1n) is 7.67. The van der Waals surface area contributed by atoms with Gasteiger partial charge < -0.3 is 10.6 Å². The second kappa shape index (κ2) is 7.44. The molecule has 5 nitrogen and oxygen atoms in total. The van der Waals surface area contributed by atoms with Crippen molar-refractivity contribution in [2.75, 3.05) is 25.0 Å². The van der Waals surface area contributed by atoms with Gasteiger partial charge in [0, 0.05) is 32.4 Å². The van der Waals surface area contributed by atoms with E-state index in [1.165, 1.54) is 11.1 Å². The first kappa shape index (κ1) is 15.8. The topological polar surface area (TPSA) is 57.3 Å². The fourth-order valence-electron chi connectivity index (χ4n) is 2.72. The van der Waals surface area contributed by atoms with Crippen molar-refractivity contribution < 1.29 is 4.79 Å². The summed E-state index contributed by atoms with van der Waals surface area (Å²) in [6, 6.07) is 11.7. The summed E-state index contributed by atoms with van der Waals surface area (Å²) in [5.74, 6) is 0. The Morgan fingerprint density at radius 1 is 1.22 bits per heavy atom. The normalized spacial score (nSPS) is 14.1. The molecule has 0 bridgehead atoms. The largest absolute Gasteiger partial charge is 0.337 e. The number of nitrogens with one attached hydrogen (secondary N) is 2. The molecule has 1 aliphatic rings. The third-order valence-corrected chi connectivity index (χ3v) is 4.23. The summed E-state index contributed by atoms with van der Waals surface area (Å²) in [6.45, 7) is 3.37. The second-order valence-electron chi connectivity index (χ2n) is 5.52. The highest BCUT2D eigenvalue weighted by Gasteiger charge is 2.15. The molecule has 6 heteroatoms. The number of carbonyl (C=O) groups excluding carboxylic acids is 1. The molecule has 1 aromatic heterocycles. The number of hydrogen-bond acceptors (Lipinski definition) is 3. The lowest BCUT2D eigenvalue weighted by Crippen LogP contribution is -2.39. The minimum absolute atomic E-state index is 0.266. The molecule has 0 fully saturated rings. The minimum Gasteiger partial charge on any atom is -0.337 e. The molecule has 2 heterocycles. The average molecular weight is 331 g/mol. The first-order valence-corrected chi connectivity index (χ1v) is 8.04. The second-order valence-corrected chi connectivity index (χ2v) is 5.88. The van der Waals surface area contributed by atoms with Crippen LogP contribution >= 0.6 is 11.6 Å². The first-order chi connectivity index (χ1) is 11.2. The van der Waals surface area contributed by atoms with Crippen molar-refractivity contribution in [3.63, 3.8) is 0 Å². The van der Waals surface area contributed by atoms with E-state index in [4.69, 9.17) is 11.6 Å². The van der Waals surface area contributed by atoms with Crippen molar-refractivity contribution in [3.8, 4) is 0 Å². The zero-order chi connectivity index (χ0) is 16.1. The molecule has 0 spiro atoms. The van der Waals surface area contributed by atoms with Crippen LogP contribution in [0.25, 0.3) is 0 Å². The van der Waals surface area contributed by atoms with Crippen LogP contribution in [0.4, 0.5) is 10.5 Å². The van der Waals surface area contributed by atoms with Gasteiger partial charge in [-0.1, -0.05) is 35.9 Å². The van der Waals surface area contributed by atoms with E-state index in [1.807, 2.05) is 0 Å². The van der Waals surface area contributed by atoms with Gasteiger partial charge in [-0.3, -0.25) is 4.90 Å². The molecule has 1 aromatic carbocycles. The minimum atomic E-state index is -0.266. The number of aromatic nitrogens is 1. The molecule has 120 valence electrons. The van der Waals surface area contributed by atoms with Gasteiger partial charge in [0.2, 0.25) is 0 Å². The summed E-state index contributed by atoms with van der Waals surface area (Å²) >= 11 is 5.91. The number of rotatable bonds is 4. The van der Waals surface area contributed by atoms with Crippen LogP contribution in [-0.2, 0) is 13.0 Å². The molecule has 0 saturated heterocycles. The van der Waals surface area contributed by atoms with Crippen molar-refractivity contribution in [1.29, 1.82) is 0 Å². The fourth-order valence-corrected chi connectivity index (χ4v) is 2.88. The average Bonchev–Trinajstić information content (AvgIpc) is 2.57. The smallest absolute Gasteiger partial charge is 0.319 e. The van der Waals surface area contributed by atoms with E-state index in [1.54, 1.807) is 18.3 Å². The van der Waals surface area contributed by atoms with Crippen LogP contribution in [0.1, 0.15) is 11.1 Å². The zero-order valence-electron chi connectivity index (χ0n) is 12.8. The third-order valence-electron chi connectivity index (χ3n) is 3.93. The molecule has 2 amide bonds. The van der Waals surface area contributed by atoms with Gasteiger partial charge in [0.05, 0.1) is 5.69 Å². The lowest BCUT2D eigenvalue weighted by atomic mass is 10.00. The molecular formula is C17H19ClN4O. The SMILES string of the molecule is O=C(NCCN1CCc2ccccc2C1)Nc1cccnc1Cl. The Morgan fingerprint density at radius 2 is 2.04 bits per heavy atom. The van der Waals surface area contributed by atoms with Gasteiger partial charge in [-0.25, -0.2) is 9.78 Å². The number of amides is 2. The number of anilines is 1. The summed E-state index contributed by atoms with van der Waals surface area (Å²) in [6.07, 6.45) is 2.65. The Balaban J connectivity index is 1.43. The number of urea groups is 1. The highest BCUT2D eigenvalue weighted by molar-refractivity contribution is 6.32. The van der Waals surface area contributed by atoms with E-state index < -0.39 is 0 Å². The van der Waals surface area contributed by atoms with Crippen LogP contribution in [-0.4, -0.2) is 35.5 Å². The monoisotopic (exact) mass is 330 g/mol. The Kier molecular flexibility index (Phi) is 5.10. The quantitative estimate of drug-likeness (QED) is 0.847. The molecule has 0 atom stereocenters. The van der Waals surface area contributed by atoms with Crippen LogP contribution in [0.2, 0.25) is 5.15 Å². The number of nitrogens with zero attached hydrogens (tertiary/aromatic N) is 2. The number of hydrogen-bond donors (Lipinski definition) is 2. The Hall–Kier alpha value is -2.11. The maximum Gasteiger partial charge on any atom is 0.319 e. The Morgan fingerprint density at radius 3 is 2.87 bits per heavy atom. The maximum absolute atomic E-state index is 11.9. The molecule has 1 aliphatic heterocycles. The number of benzene rings is 1. The summed E-state index contributed by atoms with van der Waals surface area (Å²) in [5.41, 5.74) is 3.32. The van der Waals surface area contributed by atoms with Gasteiger partial charge in [-0.15, -0.1) is 0 Å². The number of carbonyl (C=O) groups is 1. The Labute approximate surface area is 140 Å². The lowest BCUT2D eigenvalue weighted by molar-refractivity contribution is 0.239. The molecule has 23 heavy (non-hydrogen) atoms. The van der Waals surface area contributed by atoms with E-state index in [2.05, 4.69) is 44.8 Å². The summed E-state index contributed by atoms with van der Waals surface area (Å²) in [7, 11) is 0. The molecule has 2 N–H and O–H groups in total. The van der Waals surface area contributed by atoms with E-state index in [-0.39, 0.29) is 11.2 Å². The number of pyridine rings is 1. The summed E-state index contributed by atoms with van der Waals surface area (Å²) < 4.78 is 0. The van der Waals surface area contributed by atoms with Crippen molar-refractivity contribution in [2.45, 2.75) is 13.0 Å². The van der Waals surface area contributed by atoms with E-state index >= 15 is 0 Å². The zero-order valence-corrected chi connectivity index (χ0v) is 13.5. The van der Waals surface area contributed by atoms with Gasteiger partial charge in [0.1, 0.15) is 0 Å². The van der Waals surface area contributed by atoms with Crippen LogP contribution in [0, 0.1) is 0 Å². The van der Waals surface area contributed by atoms with Gasteiger partial charge >= 0.3 is 6.03 Å². The van der Waals surface area contributed by atoms with Crippen molar-refractivity contribution in [3.05, 3.63) is 58.9 Å². The molecule has 0 radical (unpaired) electrons. The Bertz CT molecular complexity index is 692. The lowest BCUT2D eigenvalue weighted by Gasteiger charge is -2.28. The van der Waals surface area contributed by atoms with Gasteiger partial charge in [0.15, 0.2) is 5.15 Å². The van der Waals surface area contributed by atoms with Crippen molar-refractivity contribution in [1.82, 2.24) is 15.2 Å². The summed E-state index contributed by atoms with van der Waals surface area (Å²) in [5, 5.41) is 5.84. The van der Waals surface area contributed by atoms with Crippen LogP contribution < -0.4 is 10.6 Å². The maximum atomic E-state index is 11.9. The van der Waals surface area contributed by atoms with Gasteiger partial charge in [-0.2, -0.15) is 0 Å². The van der Waals surface area contributed by atoms with E-state index in [9.17, 15) is 4.79 Å². The van der Waals surface area contributed by atoms with Crippen LogP contribution in [0.5, 0.6) is 0 Å². The van der Waals surface area contributed by atoms with Gasteiger partial charge in [0.25, 0.3) is 0 Å². The van der Waals surface area contributed by atoms with Gasteiger partial charge in [-0.05, 0) is 29.7 Å². The number of halogens is 1. The highest BCUT2D eigenvalue weighted by Crippen LogP contribution is 2.18. The van der Waals surface area contributed by atoms with Crippen molar-refractivity contribution in [2.24, 2.45) is 0 Å². The molecule has 0 saturated carbocycles. The predicted molar refractivity (Wildman–Crippen MR) is 91.7 cm³/mol. The van der Waals surface area contributed by atoms with E-state index in [0.717, 1.165) is 26.1 Å². The molecule has 2 aromatic rings. The molecule has 0 unspecified atom stereocenters. The third kappa shape index (κ3) is 4.21. The fraction of sp³-hybridized carbons (Fsp3) is 0.294. The van der Waals surface area contributed by atoms with Crippen LogP contribution in [0.15, 0.2) is 42.6 Å². The molecular weight excluding hydrogens is 312 g/mol. The predicted octanol–water partition coefficient (Wildman–Crippen LogP) is 2.91. The highest BCUT2D eigenvalue weighted by atomic mass is 35.5.